The molecule has 0 spiro atoms. The van der Waals surface area contributed by atoms with Gasteiger partial charge in [-0.1, -0.05) is 0 Å². The molecule has 2 aromatic heterocycles. The first-order chi connectivity index (χ1) is 10.2. The molecule has 1 aromatic carbocycles. The lowest BCUT2D eigenvalue weighted by Crippen LogP contribution is -2.00. The fraction of sp³-hybridized carbons (Fsp3) is 0.0769. The summed E-state index contributed by atoms with van der Waals surface area (Å²) in [6.45, 7) is 0.368. The van der Waals surface area contributed by atoms with Crippen LogP contribution in [0.25, 0.3) is 5.69 Å². The molecule has 0 aliphatic carbocycles. The van der Waals surface area contributed by atoms with Crippen LogP contribution in [0.2, 0.25) is 0 Å². The highest BCUT2D eigenvalue weighted by Crippen LogP contribution is 2.17. The SMILES string of the molecule is O=[N+]([O-])c1ccc(CNc2ccc(-n3nccn3)cc2)o1. The highest BCUT2D eigenvalue weighted by atomic mass is 16.6. The van der Waals surface area contributed by atoms with Crippen LogP contribution in [0.15, 0.2) is 53.2 Å². The van der Waals surface area contributed by atoms with Crippen LogP contribution in [-0.4, -0.2) is 19.9 Å². The topological polar surface area (TPSA) is 99.0 Å². The van der Waals surface area contributed by atoms with Crippen LogP contribution < -0.4 is 5.32 Å². The Morgan fingerprint density at radius 2 is 1.86 bits per heavy atom. The van der Waals surface area contributed by atoms with Gasteiger partial charge in [0.05, 0.1) is 30.7 Å². The number of aromatic nitrogens is 3. The molecule has 8 nitrogen and oxygen atoms in total. The van der Waals surface area contributed by atoms with Gasteiger partial charge in [-0.15, -0.1) is 0 Å². The molecule has 21 heavy (non-hydrogen) atoms. The van der Waals surface area contributed by atoms with Crippen LogP contribution in [0.4, 0.5) is 11.6 Å². The average molecular weight is 285 g/mol. The third-order valence-electron chi connectivity index (χ3n) is 2.81. The number of nitrogens with zero attached hydrogens (tertiary/aromatic N) is 4. The molecular formula is C13H11N5O3. The molecule has 0 radical (unpaired) electrons. The van der Waals surface area contributed by atoms with Crippen molar-refractivity contribution in [2.75, 3.05) is 5.32 Å². The van der Waals surface area contributed by atoms with E-state index >= 15 is 0 Å². The minimum absolute atomic E-state index is 0.257. The number of furan rings is 1. The molecular weight excluding hydrogens is 274 g/mol. The fourth-order valence-corrected chi connectivity index (χ4v) is 1.81. The molecule has 1 N–H and O–H groups in total. The number of nitrogens with one attached hydrogen (secondary N) is 1. The van der Waals surface area contributed by atoms with Gasteiger partial charge in [-0.2, -0.15) is 15.0 Å². The second kappa shape index (κ2) is 5.45. The highest BCUT2D eigenvalue weighted by molar-refractivity contribution is 5.48. The Balaban J connectivity index is 1.64. The number of anilines is 1. The van der Waals surface area contributed by atoms with E-state index in [2.05, 4.69) is 15.5 Å². The van der Waals surface area contributed by atoms with Crippen molar-refractivity contribution in [3.8, 4) is 5.69 Å². The van der Waals surface area contributed by atoms with Crippen LogP contribution in [0.3, 0.4) is 0 Å². The first-order valence-electron chi connectivity index (χ1n) is 6.16. The average Bonchev–Trinajstić information content (AvgIpc) is 3.17. The molecule has 0 atom stereocenters. The van der Waals surface area contributed by atoms with Gasteiger partial charge in [-0.05, 0) is 30.3 Å². The number of nitro groups is 1. The molecule has 0 aliphatic heterocycles. The van der Waals surface area contributed by atoms with E-state index in [0.29, 0.717) is 12.3 Å². The molecule has 0 amide bonds. The van der Waals surface area contributed by atoms with Gasteiger partial charge in [0.25, 0.3) is 0 Å². The van der Waals surface area contributed by atoms with Gasteiger partial charge in [0.15, 0.2) is 0 Å². The summed E-state index contributed by atoms with van der Waals surface area (Å²) in [4.78, 5) is 11.5. The lowest BCUT2D eigenvalue weighted by Gasteiger charge is -2.05. The largest absolute Gasteiger partial charge is 0.433 e. The Hall–Kier alpha value is -3.16. The van der Waals surface area contributed by atoms with Crippen molar-refractivity contribution in [3.05, 3.63) is 64.7 Å². The maximum Gasteiger partial charge on any atom is 0.433 e. The van der Waals surface area contributed by atoms with E-state index in [4.69, 9.17) is 4.42 Å². The molecule has 0 unspecified atom stereocenters. The van der Waals surface area contributed by atoms with Gasteiger partial charge >= 0.3 is 5.88 Å². The molecule has 2 heterocycles. The summed E-state index contributed by atoms with van der Waals surface area (Å²) in [5.74, 6) is 0.242. The van der Waals surface area contributed by atoms with Gasteiger partial charge in [0, 0.05) is 5.69 Å². The van der Waals surface area contributed by atoms with E-state index in [1.165, 1.54) is 10.9 Å². The molecule has 0 saturated heterocycles. The number of rotatable bonds is 5. The Bertz CT molecular complexity index is 734. The zero-order chi connectivity index (χ0) is 14.7. The van der Waals surface area contributed by atoms with E-state index in [9.17, 15) is 10.1 Å². The fourth-order valence-electron chi connectivity index (χ4n) is 1.81. The third-order valence-corrected chi connectivity index (χ3v) is 2.81. The Morgan fingerprint density at radius 3 is 2.48 bits per heavy atom. The summed E-state index contributed by atoms with van der Waals surface area (Å²) in [6.07, 6.45) is 3.21. The quantitative estimate of drug-likeness (QED) is 0.570. The van der Waals surface area contributed by atoms with Crippen molar-refractivity contribution in [2.45, 2.75) is 6.54 Å². The van der Waals surface area contributed by atoms with Crippen molar-refractivity contribution >= 4 is 11.6 Å². The molecule has 0 saturated carbocycles. The van der Waals surface area contributed by atoms with Crippen molar-refractivity contribution in [1.82, 2.24) is 15.0 Å². The summed E-state index contributed by atoms with van der Waals surface area (Å²) in [5, 5.41) is 21.7. The monoisotopic (exact) mass is 285 g/mol. The first-order valence-corrected chi connectivity index (χ1v) is 6.16. The lowest BCUT2D eigenvalue weighted by molar-refractivity contribution is -0.402. The van der Waals surface area contributed by atoms with E-state index in [-0.39, 0.29) is 5.88 Å². The highest BCUT2D eigenvalue weighted by Gasteiger charge is 2.11. The van der Waals surface area contributed by atoms with Crippen molar-refractivity contribution in [3.63, 3.8) is 0 Å². The maximum atomic E-state index is 10.5. The molecule has 3 rings (SSSR count). The number of hydrogen-bond acceptors (Lipinski definition) is 6. The van der Waals surface area contributed by atoms with Crippen molar-refractivity contribution in [2.24, 2.45) is 0 Å². The van der Waals surface area contributed by atoms with Crippen molar-refractivity contribution in [1.29, 1.82) is 0 Å². The number of benzene rings is 1. The second-order valence-corrected chi connectivity index (χ2v) is 4.22. The van der Waals surface area contributed by atoms with Crippen LogP contribution in [0.5, 0.6) is 0 Å². The van der Waals surface area contributed by atoms with E-state index in [1.807, 2.05) is 24.3 Å². The summed E-state index contributed by atoms with van der Waals surface area (Å²) < 4.78 is 5.06. The van der Waals surface area contributed by atoms with Gasteiger partial charge < -0.3 is 9.73 Å². The van der Waals surface area contributed by atoms with Crippen LogP contribution in [-0.2, 0) is 6.54 Å². The van der Waals surface area contributed by atoms with Gasteiger partial charge in [-0.25, -0.2) is 0 Å². The number of hydrogen-bond donors (Lipinski definition) is 1. The minimum atomic E-state index is -0.560. The lowest BCUT2D eigenvalue weighted by atomic mass is 10.3. The van der Waals surface area contributed by atoms with Crippen molar-refractivity contribution < 1.29 is 9.34 Å². The van der Waals surface area contributed by atoms with Gasteiger partial charge in [-0.3, -0.25) is 10.1 Å². The minimum Gasteiger partial charge on any atom is -0.404 e. The predicted octanol–water partition coefficient (Wildman–Crippen LogP) is 2.38. The third kappa shape index (κ3) is 2.89. The summed E-state index contributed by atoms with van der Waals surface area (Å²) >= 11 is 0. The Kier molecular flexibility index (Phi) is 3.34. The standard InChI is InChI=1S/C13H11N5O3/c19-18(20)13-6-5-12(21-13)9-14-10-1-3-11(4-2-10)17-15-7-8-16-17/h1-8,14H,9H2. The van der Waals surface area contributed by atoms with E-state index in [1.54, 1.807) is 18.5 Å². The van der Waals surface area contributed by atoms with E-state index < -0.39 is 4.92 Å². The maximum absolute atomic E-state index is 10.5. The zero-order valence-electron chi connectivity index (χ0n) is 10.8. The van der Waals surface area contributed by atoms with Gasteiger partial charge in [0.2, 0.25) is 0 Å². The summed E-state index contributed by atoms with van der Waals surface area (Å²) in [7, 11) is 0. The van der Waals surface area contributed by atoms with E-state index in [0.717, 1.165) is 11.4 Å². The molecule has 8 heteroatoms. The zero-order valence-corrected chi connectivity index (χ0v) is 10.8. The Morgan fingerprint density at radius 1 is 1.14 bits per heavy atom. The molecule has 3 aromatic rings. The first kappa shape index (κ1) is 12.9. The normalized spacial score (nSPS) is 10.5. The van der Waals surface area contributed by atoms with Crippen LogP contribution in [0, 0.1) is 10.1 Å². The smallest absolute Gasteiger partial charge is 0.404 e. The van der Waals surface area contributed by atoms with Gasteiger partial charge in [0.1, 0.15) is 10.7 Å². The van der Waals surface area contributed by atoms with Crippen LogP contribution in [0.1, 0.15) is 5.76 Å². The molecule has 0 bridgehead atoms. The Labute approximate surface area is 119 Å². The summed E-state index contributed by atoms with van der Waals surface area (Å²) in [6, 6.07) is 10.4. The van der Waals surface area contributed by atoms with Crippen LogP contribution >= 0.6 is 0 Å². The second-order valence-electron chi connectivity index (χ2n) is 4.22. The molecule has 0 aliphatic rings. The predicted molar refractivity (Wildman–Crippen MR) is 74.0 cm³/mol. The molecule has 0 fully saturated rings. The summed E-state index contributed by atoms with van der Waals surface area (Å²) in [5.41, 5.74) is 1.71. The molecule has 106 valence electrons.